The van der Waals surface area contributed by atoms with Crippen LogP contribution in [0.5, 0.6) is 0 Å². The summed E-state index contributed by atoms with van der Waals surface area (Å²) in [5.74, 6) is -0.231. The molecule has 1 aliphatic rings. The largest absolute Gasteiger partial charge is 0.340 e. The Hall–Kier alpha value is -1.17. The van der Waals surface area contributed by atoms with Gasteiger partial charge in [-0.2, -0.15) is 0 Å². The van der Waals surface area contributed by atoms with Crippen molar-refractivity contribution in [2.45, 2.75) is 19.5 Å². The summed E-state index contributed by atoms with van der Waals surface area (Å²) in [5, 5.41) is 3.35. The third-order valence-electron chi connectivity index (χ3n) is 3.60. The van der Waals surface area contributed by atoms with Gasteiger partial charge in [-0.1, -0.05) is 18.2 Å². The third kappa shape index (κ3) is 5.26. The molecule has 0 bridgehead atoms. The van der Waals surface area contributed by atoms with E-state index in [0.29, 0.717) is 24.7 Å². The first kappa shape index (κ1) is 17.9. The topological polar surface area (TPSA) is 35.6 Å². The monoisotopic (exact) mass is 315 g/mol. The number of hydrogen-bond donors (Lipinski definition) is 1. The van der Waals surface area contributed by atoms with Crippen LogP contribution in [-0.2, 0) is 11.3 Å². The van der Waals surface area contributed by atoms with Gasteiger partial charge in [0.1, 0.15) is 5.82 Å². The second-order valence-electron chi connectivity index (χ2n) is 5.43. The van der Waals surface area contributed by atoms with Crippen molar-refractivity contribution in [1.29, 1.82) is 0 Å². The minimum Gasteiger partial charge on any atom is -0.340 e. The number of nitrogens with zero attached hydrogens (tertiary/aromatic N) is 2. The van der Waals surface area contributed by atoms with Crippen LogP contribution in [-0.4, -0.2) is 55.0 Å². The van der Waals surface area contributed by atoms with E-state index >= 15 is 0 Å². The number of benzene rings is 1. The van der Waals surface area contributed by atoms with Gasteiger partial charge in [-0.05, 0) is 13.0 Å². The summed E-state index contributed by atoms with van der Waals surface area (Å²) < 4.78 is 13.6. The molecule has 1 unspecified atom stereocenters. The van der Waals surface area contributed by atoms with E-state index in [4.69, 9.17) is 0 Å². The van der Waals surface area contributed by atoms with Gasteiger partial charge in [0.05, 0.1) is 6.54 Å². The van der Waals surface area contributed by atoms with Crippen LogP contribution >= 0.6 is 12.4 Å². The lowest BCUT2D eigenvalue weighted by atomic mass is 10.2. The van der Waals surface area contributed by atoms with Crippen LogP contribution in [0.25, 0.3) is 0 Å². The molecular formula is C15H23ClFN3O. The molecule has 1 aromatic rings. The van der Waals surface area contributed by atoms with Crippen molar-refractivity contribution in [3.05, 3.63) is 35.6 Å². The van der Waals surface area contributed by atoms with Crippen molar-refractivity contribution in [3.8, 4) is 0 Å². The molecule has 4 nitrogen and oxygen atoms in total. The zero-order valence-corrected chi connectivity index (χ0v) is 13.3. The van der Waals surface area contributed by atoms with Gasteiger partial charge in [0, 0.05) is 44.8 Å². The van der Waals surface area contributed by atoms with Crippen LogP contribution in [0, 0.1) is 5.82 Å². The van der Waals surface area contributed by atoms with E-state index in [1.165, 1.54) is 6.07 Å². The van der Waals surface area contributed by atoms with Gasteiger partial charge in [-0.3, -0.25) is 9.69 Å². The summed E-state index contributed by atoms with van der Waals surface area (Å²) in [6.45, 7) is 5.48. The lowest BCUT2D eigenvalue weighted by Gasteiger charge is -2.32. The molecule has 0 radical (unpaired) electrons. The summed E-state index contributed by atoms with van der Waals surface area (Å²) in [4.78, 5) is 15.9. The number of likely N-dealkylation sites (N-methyl/N-ethyl adjacent to an activating group) is 1. The maximum absolute atomic E-state index is 13.6. The molecule has 1 N–H and O–H groups in total. The van der Waals surface area contributed by atoms with Crippen LogP contribution < -0.4 is 5.32 Å². The summed E-state index contributed by atoms with van der Waals surface area (Å²) >= 11 is 0. The van der Waals surface area contributed by atoms with E-state index in [2.05, 4.69) is 17.1 Å². The molecule has 0 aliphatic carbocycles. The normalized spacial score (nSPS) is 18.9. The molecule has 118 valence electrons. The zero-order chi connectivity index (χ0) is 14.5. The van der Waals surface area contributed by atoms with Crippen LogP contribution in [0.4, 0.5) is 4.39 Å². The fourth-order valence-corrected chi connectivity index (χ4v) is 2.44. The van der Waals surface area contributed by atoms with Gasteiger partial charge in [-0.15, -0.1) is 12.4 Å². The van der Waals surface area contributed by atoms with Crippen molar-refractivity contribution in [2.24, 2.45) is 0 Å². The number of carbonyl (C=O) groups is 1. The molecule has 1 aliphatic heterocycles. The average molecular weight is 316 g/mol. The Morgan fingerprint density at radius 3 is 2.86 bits per heavy atom. The van der Waals surface area contributed by atoms with Crippen molar-refractivity contribution in [3.63, 3.8) is 0 Å². The molecular weight excluding hydrogens is 293 g/mol. The fourth-order valence-electron chi connectivity index (χ4n) is 2.44. The molecule has 1 amide bonds. The standard InChI is InChI=1S/C15H22FN3O.ClH/c1-12-9-19(8-7-17-12)11-15(20)18(2)10-13-5-3-4-6-14(13)16;/h3-6,12,17H,7-11H2,1-2H3;1H. The average Bonchev–Trinajstić information content (AvgIpc) is 2.41. The van der Waals surface area contributed by atoms with E-state index in [0.717, 1.165) is 19.6 Å². The van der Waals surface area contributed by atoms with Crippen LogP contribution in [0.15, 0.2) is 24.3 Å². The highest BCUT2D eigenvalue weighted by atomic mass is 35.5. The first-order chi connectivity index (χ1) is 9.56. The minimum absolute atomic E-state index is 0. The summed E-state index contributed by atoms with van der Waals surface area (Å²) in [5.41, 5.74) is 0.553. The van der Waals surface area contributed by atoms with E-state index in [-0.39, 0.29) is 24.1 Å². The Morgan fingerprint density at radius 2 is 2.19 bits per heavy atom. The molecule has 0 saturated carbocycles. The summed E-state index contributed by atoms with van der Waals surface area (Å²) in [6.07, 6.45) is 0. The van der Waals surface area contributed by atoms with Gasteiger partial charge < -0.3 is 10.2 Å². The van der Waals surface area contributed by atoms with E-state index in [1.54, 1.807) is 30.1 Å². The molecule has 2 rings (SSSR count). The van der Waals surface area contributed by atoms with Crippen LogP contribution in [0.2, 0.25) is 0 Å². The molecule has 6 heteroatoms. The number of halogens is 2. The SMILES string of the molecule is CC1CN(CC(=O)N(C)Cc2ccccc2F)CCN1.Cl. The highest BCUT2D eigenvalue weighted by Crippen LogP contribution is 2.09. The first-order valence-corrected chi connectivity index (χ1v) is 6.99. The van der Waals surface area contributed by atoms with Crippen LogP contribution in [0.3, 0.4) is 0 Å². The molecule has 1 atom stereocenters. The van der Waals surface area contributed by atoms with Gasteiger partial charge in [0.25, 0.3) is 0 Å². The van der Waals surface area contributed by atoms with Gasteiger partial charge >= 0.3 is 0 Å². The number of piperazine rings is 1. The Bertz CT molecular complexity index is 472. The molecule has 1 saturated heterocycles. The van der Waals surface area contributed by atoms with Crippen molar-refractivity contribution < 1.29 is 9.18 Å². The zero-order valence-electron chi connectivity index (χ0n) is 12.5. The van der Waals surface area contributed by atoms with Gasteiger partial charge in [0.15, 0.2) is 0 Å². The van der Waals surface area contributed by atoms with Crippen molar-refractivity contribution >= 4 is 18.3 Å². The second-order valence-corrected chi connectivity index (χ2v) is 5.43. The van der Waals surface area contributed by atoms with Crippen molar-refractivity contribution in [1.82, 2.24) is 15.1 Å². The van der Waals surface area contributed by atoms with Gasteiger partial charge in [-0.25, -0.2) is 4.39 Å². The predicted molar refractivity (Wildman–Crippen MR) is 84.0 cm³/mol. The Balaban J connectivity index is 0.00000220. The van der Waals surface area contributed by atoms with E-state index < -0.39 is 0 Å². The Labute approximate surface area is 131 Å². The third-order valence-corrected chi connectivity index (χ3v) is 3.60. The number of amides is 1. The summed E-state index contributed by atoms with van der Waals surface area (Å²) in [7, 11) is 1.72. The molecule has 1 aromatic carbocycles. The highest BCUT2D eigenvalue weighted by molar-refractivity contribution is 5.85. The number of rotatable bonds is 4. The Morgan fingerprint density at radius 1 is 1.48 bits per heavy atom. The Kier molecular flexibility index (Phi) is 7.08. The van der Waals surface area contributed by atoms with E-state index in [1.807, 2.05) is 0 Å². The number of hydrogen-bond acceptors (Lipinski definition) is 3. The molecule has 1 heterocycles. The lowest BCUT2D eigenvalue weighted by molar-refractivity contribution is -0.131. The second kappa shape index (κ2) is 8.32. The highest BCUT2D eigenvalue weighted by Gasteiger charge is 2.20. The van der Waals surface area contributed by atoms with Crippen LogP contribution in [0.1, 0.15) is 12.5 Å². The maximum Gasteiger partial charge on any atom is 0.236 e. The predicted octanol–water partition coefficient (Wildman–Crippen LogP) is 1.50. The molecule has 0 spiro atoms. The van der Waals surface area contributed by atoms with E-state index in [9.17, 15) is 9.18 Å². The smallest absolute Gasteiger partial charge is 0.236 e. The fraction of sp³-hybridized carbons (Fsp3) is 0.533. The van der Waals surface area contributed by atoms with Gasteiger partial charge in [0.2, 0.25) is 5.91 Å². The first-order valence-electron chi connectivity index (χ1n) is 6.99. The summed E-state index contributed by atoms with van der Waals surface area (Å²) in [6, 6.07) is 6.99. The number of carbonyl (C=O) groups excluding carboxylic acids is 1. The maximum atomic E-state index is 13.6. The van der Waals surface area contributed by atoms with Crippen molar-refractivity contribution in [2.75, 3.05) is 33.2 Å². The molecule has 21 heavy (non-hydrogen) atoms. The number of nitrogens with one attached hydrogen (secondary N) is 1. The lowest BCUT2D eigenvalue weighted by Crippen LogP contribution is -2.51. The quantitative estimate of drug-likeness (QED) is 0.914. The molecule has 1 fully saturated rings. The minimum atomic E-state index is -0.261. The molecule has 0 aromatic heterocycles.